The van der Waals surface area contributed by atoms with Crippen LogP contribution in [-0.4, -0.2) is 58.2 Å². The number of hydrogen-bond donors (Lipinski definition) is 3. The van der Waals surface area contributed by atoms with Crippen molar-refractivity contribution in [1.29, 1.82) is 5.41 Å². The summed E-state index contributed by atoms with van der Waals surface area (Å²) in [6.07, 6.45) is 3.39. The molecule has 3 N–H and O–H groups in total. The number of rotatable bonds is 8. The van der Waals surface area contributed by atoms with Gasteiger partial charge in [0.25, 0.3) is 0 Å². The highest BCUT2D eigenvalue weighted by Crippen LogP contribution is 2.36. The normalized spacial score (nSPS) is 18.7. The maximum absolute atomic E-state index is 13.8. The van der Waals surface area contributed by atoms with Gasteiger partial charge in [0.15, 0.2) is 17.2 Å². The quantitative estimate of drug-likeness (QED) is 0.257. The van der Waals surface area contributed by atoms with Crippen LogP contribution in [0.5, 0.6) is 5.75 Å². The number of hydrogen-bond acceptors (Lipinski definition) is 9. The minimum atomic E-state index is -4.52. The number of ether oxygens (including phenoxy) is 2. The number of imidazole rings is 1. The van der Waals surface area contributed by atoms with E-state index in [1.165, 1.54) is 18.5 Å². The van der Waals surface area contributed by atoms with E-state index in [0.29, 0.717) is 29.9 Å². The Hall–Kier alpha value is -3.94. The molecule has 14 heteroatoms. The Kier molecular flexibility index (Phi) is 7.79. The number of alkyl halides is 3. The summed E-state index contributed by atoms with van der Waals surface area (Å²) in [6.45, 7) is 1.76. The van der Waals surface area contributed by atoms with E-state index in [0.717, 1.165) is 25.2 Å². The van der Waals surface area contributed by atoms with Gasteiger partial charge in [-0.2, -0.15) is 18.2 Å². The summed E-state index contributed by atoms with van der Waals surface area (Å²) in [5.74, 6) is 0.563. The lowest BCUT2D eigenvalue weighted by atomic mass is 10.1. The Morgan fingerprint density at radius 1 is 1.32 bits per heavy atom. The second-order valence-electron chi connectivity index (χ2n) is 9.29. The van der Waals surface area contributed by atoms with Crippen LogP contribution in [0.1, 0.15) is 17.5 Å². The molecule has 1 atom stereocenters. The van der Waals surface area contributed by atoms with Crippen molar-refractivity contribution in [3.63, 3.8) is 0 Å². The van der Waals surface area contributed by atoms with Crippen LogP contribution < -0.4 is 15.4 Å². The number of likely N-dealkylation sites (tertiary alicyclic amines) is 1. The average molecular weight is 575 g/mol. The van der Waals surface area contributed by atoms with E-state index in [4.69, 9.17) is 26.5 Å². The van der Waals surface area contributed by atoms with Gasteiger partial charge < -0.3 is 30.1 Å². The largest absolute Gasteiger partial charge is 0.450 e. The number of pyridine rings is 1. The average Bonchev–Trinajstić information content (AvgIpc) is 3.52. The second kappa shape index (κ2) is 11.3. The van der Waals surface area contributed by atoms with E-state index < -0.39 is 11.7 Å². The van der Waals surface area contributed by atoms with Gasteiger partial charge in [-0.15, -0.1) is 0 Å². The molecule has 0 unspecified atom stereocenters. The predicted octanol–water partition coefficient (Wildman–Crippen LogP) is 4.99. The number of aryl methyl sites for hydroxylation is 1. The lowest BCUT2D eigenvalue weighted by Gasteiger charge is -2.18. The first kappa shape index (κ1) is 27.6. The van der Waals surface area contributed by atoms with Gasteiger partial charge in [-0.25, -0.2) is 4.98 Å². The van der Waals surface area contributed by atoms with Crippen molar-refractivity contribution in [1.82, 2.24) is 24.8 Å². The van der Waals surface area contributed by atoms with Gasteiger partial charge in [0, 0.05) is 51.9 Å². The molecule has 4 heterocycles. The molecule has 0 aliphatic carbocycles. The number of aliphatic imine (C=N–C) groups is 1. The van der Waals surface area contributed by atoms with Crippen LogP contribution >= 0.6 is 11.6 Å². The SMILES string of the molecule is CO[C@H]1CCN(Cc2cc(Nc3nc4ncc(O/C(C=N)=C5\C=NC=CN5)c(Cl)c4n3C)cc(C(F)(F)F)c2)C1. The fourth-order valence-electron chi connectivity index (χ4n) is 4.58. The smallest absolute Gasteiger partial charge is 0.416 e. The monoisotopic (exact) mass is 574 g/mol. The van der Waals surface area contributed by atoms with E-state index >= 15 is 0 Å². The predicted molar refractivity (Wildman–Crippen MR) is 146 cm³/mol. The molecule has 210 valence electrons. The molecule has 1 aromatic carbocycles. The fraction of sp³-hybridized carbons (Fsp3) is 0.308. The number of nitrogens with zero attached hydrogens (tertiary/aromatic N) is 5. The minimum Gasteiger partial charge on any atom is -0.450 e. The van der Waals surface area contributed by atoms with Crippen LogP contribution in [0.25, 0.3) is 11.2 Å². The Morgan fingerprint density at radius 2 is 2.15 bits per heavy atom. The van der Waals surface area contributed by atoms with Crippen molar-refractivity contribution in [2.24, 2.45) is 12.0 Å². The van der Waals surface area contributed by atoms with Crippen molar-refractivity contribution in [2.45, 2.75) is 25.2 Å². The number of halogens is 4. The summed E-state index contributed by atoms with van der Waals surface area (Å²) in [4.78, 5) is 14.8. The summed E-state index contributed by atoms with van der Waals surface area (Å²) < 4.78 is 54.1. The Balaban J connectivity index is 1.44. The van der Waals surface area contributed by atoms with Crippen LogP contribution in [0.15, 0.2) is 53.2 Å². The Morgan fingerprint density at radius 3 is 2.83 bits per heavy atom. The van der Waals surface area contributed by atoms with E-state index in [-0.39, 0.29) is 39.9 Å². The topological polar surface area (TPSA) is 113 Å². The van der Waals surface area contributed by atoms with E-state index in [1.54, 1.807) is 37.2 Å². The number of anilines is 2. The minimum absolute atomic E-state index is 0.0738. The molecular formula is C26H26ClF3N8O2. The molecule has 0 amide bonds. The molecule has 1 saturated heterocycles. The molecular weight excluding hydrogens is 549 g/mol. The molecule has 40 heavy (non-hydrogen) atoms. The van der Waals surface area contributed by atoms with Gasteiger partial charge in [0.1, 0.15) is 16.2 Å². The maximum Gasteiger partial charge on any atom is 0.416 e. The number of benzene rings is 1. The van der Waals surface area contributed by atoms with E-state index in [9.17, 15) is 13.2 Å². The molecule has 0 bridgehead atoms. The van der Waals surface area contributed by atoms with E-state index in [2.05, 4.69) is 30.5 Å². The van der Waals surface area contributed by atoms with Crippen molar-refractivity contribution >= 4 is 46.8 Å². The number of allylic oxidation sites excluding steroid dienone is 2. The molecule has 3 aromatic rings. The van der Waals surface area contributed by atoms with Crippen molar-refractivity contribution in [3.05, 3.63) is 64.4 Å². The van der Waals surface area contributed by atoms with E-state index in [1.807, 2.05) is 0 Å². The molecule has 5 rings (SSSR count). The standard InChI is InChI=1S/C26H26ClF3N8O2/c1-37-23-22(27)21(40-20(10-31)19-11-32-4-5-33-19)12-34-24(23)36-25(37)35-17-8-15(7-16(9-17)26(28,29)30)13-38-6-3-18(14-38)39-2/h4-5,7-12,18,31,33H,3,6,13-14H2,1-2H3,(H,34,35,36)/b20-19+,31-10?/t18-/m0/s1. The van der Waals surface area contributed by atoms with Crippen molar-refractivity contribution in [2.75, 3.05) is 25.5 Å². The summed E-state index contributed by atoms with van der Waals surface area (Å²) in [7, 11) is 3.30. The lowest BCUT2D eigenvalue weighted by molar-refractivity contribution is -0.137. The summed E-state index contributed by atoms with van der Waals surface area (Å²) in [5, 5.41) is 13.8. The summed E-state index contributed by atoms with van der Waals surface area (Å²) in [6, 6.07) is 3.89. The first-order valence-electron chi connectivity index (χ1n) is 12.3. The maximum atomic E-state index is 13.8. The number of nitrogens with one attached hydrogen (secondary N) is 3. The highest BCUT2D eigenvalue weighted by atomic mass is 35.5. The van der Waals surface area contributed by atoms with Gasteiger partial charge in [-0.3, -0.25) is 9.89 Å². The molecule has 10 nitrogen and oxygen atoms in total. The summed E-state index contributed by atoms with van der Waals surface area (Å²) in [5.41, 5.74) is 1.10. The van der Waals surface area contributed by atoms with Gasteiger partial charge in [-0.1, -0.05) is 11.6 Å². The zero-order chi connectivity index (χ0) is 28.4. The van der Waals surface area contributed by atoms with Crippen LogP contribution in [0.4, 0.5) is 24.8 Å². The summed E-state index contributed by atoms with van der Waals surface area (Å²) >= 11 is 6.65. The third kappa shape index (κ3) is 5.81. The molecule has 1 fully saturated rings. The van der Waals surface area contributed by atoms with Gasteiger partial charge in [0.05, 0.1) is 30.3 Å². The molecule has 2 aliphatic heterocycles. The van der Waals surface area contributed by atoms with Crippen molar-refractivity contribution < 1.29 is 22.6 Å². The molecule has 0 spiro atoms. The van der Waals surface area contributed by atoms with Gasteiger partial charge in [-0.05, 0) is 30.2 Å². The highest BCUT2D eigenvalue weighted by molar-refractivity contribution is 6.36. The van der Waals surface area contributed by atoms with Crippen LogP contribution in [0.3, 0.4) is 0 Å². The zero-order valence-corrected chi connectivity index (χ0v) is 22.3. The fourth-order valence-corrected chi connectivity index (χ4v) is 4.87. The molecule has 2 aliphatic rings. The van der Waals surface area contributed by atoms with Gasteiger partial charge in [0.2, 0.25) is 5.95 Å². The highest BCUT2D eigenvalue weighted by Gasteiger charge is 2.32. The number of methoxy groups -OCH3 is 1. The Labute approximate surface area is 232 Å². The van der Waals surface area contributed by atoms with Crippen molar-refractivity contribution in [3.8, 4) is 5.75 Å². The number of aromatic nitrogens is 3. The molecule has 0 saturated carbocycles. The number of fused-ring (bicyclic) bond motifs is 1. The second-order valence-corrected chi connectivity index (χ2v) is 9.67. The lowest BCUT2D eigenvalue weighted by Crippen LogP contribution is -2.22. The van der Waals surface area contributed by atoms with Crippen LogP contribution in [0, 0.1) is 5.41 Å². The first-order valence-corrected chi connectivity index (χ1v) is 12.7. The van der Waals surface area contributed by atoms with Crippen LogP contribution in [-0.2, 0) is 24.5 Å². The third-order valence-electron chi connectivity index (χ3n) is 6.57. The van der Waals surface area contributed by atoms with Crippen LogP contribution in [0.2, 0.25) is 5.02 Å². The Bertz CT molecular complexity index is 1530. The molecule has 2 aromatic heterocycles. The first-order chi connectivity index (χ1) is 19.2. The molecule has 0 radical (unpaired) electrons. The zero-order valence-electron chi connectivity index (χ0n) is 21.6. The third-order valence-corrected chi connectivity index (χ3v) is 6.93. The van der Waals surface area contributed by atoms with Gasteiger partial charge >= 0.3 is 6.18 Å².